The molecule has 0 spiro atoms. The first-order valence-electron chi connectivity index (χ1n) is 3.26. The van der Waals surface area contributed by atoms with Crippen LogP contribution in [0.2, 0.25) is 0 Å². The van der Waals surface area contributed by atoms with Crippen molar-refractivity contribution in [1.29, 1.82) is 0 Å². The first kappa shape index (κ1) is 10.8. The van der Waals surface area contributed by atoms with Crippen LogP contribution >= 0.6 is 12.4 Å². The minimum atomic E-state index is -0.257. The van der Waals surface area contributed by atoms with Crippen LogP contribution in [0.4, 0.5) is 10.1 Å². The molecule has 0 saturated heterocycles. The van der Waals surface area contributed by atoms with Gasteiger partial charge in [0, 0.05) is 5.69 Å². The highest BCUT2D eigenvalue weighted by Gasteiger charge is 1.90. The fourth-order valence-corrected chi connectivity index (χ4v) is 0.752. The molecule has 0 amide bonds. The molecule has 0 aliphatic heterocycles. The minimum absolute atomic E-state index is 0. The van der Waals surface area contributed by atoms with Crippen molar-refractivity contribution in [3.8, 4) is 12.3 Å². The van der Waals surface area contributed by atoms with Gasteiger partial charge in [-0.15, -0.1) is 18.8 Å². The lowest BCUT2D eigenvalue weighted by Gasteiger charge is -2.00. The molecule has 0 radical (unpaired) electrons. The summed E-state index contributed by atoms with van der Waals surface area (Å²) in [6, 6.07) is 6.19. The Morgan fingerprint density at radius 1 is 1.50 bits per heavy atom. The van der Waals surface area contributed by atoms with Crippen LogP contribution in [0.1, 0.15) is 0 Å². The van der Waals surface area contributed by atoms with Crippen LogP contribution in [0.3, 0.4) is 0 Å². The average Bonchev–Trinajstić information content (AvgIpc) is 2.01. The first-order chi connectivity index (χ1) is 5.33. The van der Waals surface area contributed by atoms with E-state index in [1.54, 1.807) is 12.1 Å². The molecule has 0 aliphatic rings. The van der Waals surface area contributed by atoms with E-state index in [-0.39, 0.29) is 18.2 Å². The summed E-state index contributed by atoms with van der Waals surface area (Å²) in [5, 5.41) is 2.86. The third kappa shape index (κ3) is 3.27. The Balaban J connectivity index is 0.00000121. The highest BCUT2D eigenvalue weighted by molar-refractivity contribution is 5.85. The zero-order valence-electron chi connectivity index (χ0n) is 6.38. The van der Waals surface area contributed by atoms with Gasteiger partial charge in [-0.3, -0.25) is 0 Å². The maximum Gasteiger partial charge on any atom is 0.125 e. The van der Waals surface area contributed by atoms with Crippen molar-refractivity contribution in [1.82, 2.24) is 0 Å². The van der Waals surface area contributed by atoms with Gasteiger partial charge in [0.1, 0.15) is 5.82 Å². The van der Waals surface area contributed by atoms with E-state index in [0.29, 0.717) is 12.2 Å². The maximum atomic E-state index is 12.5. The zero-order valence-corrected chi connectivity index (χ0v) is 7.20. The molecule has 0 unspecified atom stereocenters. The van der Waals surface area contributed by atoms with Crippen molar-refractivity contribution in [2.24, 2.45) is 0 Å². The fourth-order valence-electron chi connectivity index (χ4n) is 0.752. The van der Waals surface area contributed by atoms with Crippen LogP contribution in [0.15, 0.2) is 24.3 Å². The lowest BCUT2D eigenvalue weighted by molar-refractivity contribution is 0.628. The van der Waals surface area contributed by atoms with Gasteiger partial charge in [0.05, 0.1) is 6.54 Å². The van der Waals surface area contributed by atoms with E-state index < -0.39 is 0 Å². The number of rotatable bonds is 2. The summed E-state index contributed by atoms with van der Waals surface area (Å²) in [6.45, 7) is 0.420. The van der Waals surface area contributed by atoms with E-state index in [1.807, 2.05) is 0 Å². The van der Waals surface area contributed by atoms with Gasteiger partial charge in [0.2, 0.25) is 0 Å². The number of hydrogen-bond donors (Lipinski definition) is 1. The number of benzene rings is 1. The maximum absolute atomic E-state index is 12.5. The second kappa shape index (κ2) is 5.45. The van der Waals surface area contributed by atoms with Crippen molar-refractivity contribution in [3.63, 3.8) is 0 Å². The monoisotopic (exact) mass is 185 g/mol. The number of nitrogens with one attached hydrogen (secondary N) is 1. The van der Waals surface area contributed by atoms with Gasteiger partial charge < -0.3 is 5.32 Å². The fraction of sp³-hybridized carbons (Fsp3) is 0.111. The van der Waals surface area contributed by atoms with Crippen molar-refractivity contribution in [2.75, 3.05) is 11.9 Å². The molecule has 1 nitrogen and oxygen atoms in total. The molecule has 64 valence electrons. The van der Waals surface area contributed by atoms with Gasteiger partial charge in [-0.25, -0.2) is 4.39 Å². The summed E-state index contributed by atoms with van der Waals surface area (Å²) >= 11 is 0. The highest BCUT2D eigenvalue weighted by atomic mass is 35.5. The molecule has 0 atom stereocenters. The standard InChI is InChI=1S/C9H8FN.ClH/c1-2-6-11-9-5-3-4-8(10)7-9;/h1,3-5,7,11H,6H2;1H. The summed E-state index contributed by atoms with van der Waals surface area (Å²) < 4.78 is 12.5. The number of halogens is 2. The predicted molar refractivity (Wildman–Crippen MR) is 51.0 cm³/mol. The SMILES string of the molecule is C#CCNc1cccc(F)c1.Cl. The average molecular weight is 186 g/mol. The molecule has 0 heterocycles. The number of hydrogen-bond acceptors (Lipinski definition) is 1. The lowest BCUT2D eigenvalue weighted by atomic mass is 10.3. The van der Waals surface area contributed by atoms with Crippen LogP contribution in [0, 0.1) is 18.2 Å². The van der Waals surface area contributed by atoms with Crippen LogP contribution in [-0.4, -0.2) is 6.54 Å². The third-order valence-electron chi connectivity index (χ3n) is 1.22. The molecule has 12 heavy (non-hydrogen) atoms. The van der Waals surface area contributed by atoms with Gasteiger partial charge in [-0.05, 0) is 18.2 Å². The van der Waals surface area contributed by atoms with Gasteiger partial charge in [-0.1, -0.05) is 12.0 Å². The summed E-state index contributed by atoms with van der Waals surface area (Å²) in [5.74, 6) is 2.14. The summed E-state index contributed by atoms with van der Waals surface area (Å²) in [5.41, 5.74) is 0.711. The minimum Gasteiger partial charge on any atom is -0.374 e. The molecule has 0 aliphatic carbocycles. The highest BCUT2D eigenvalue weighted by Crippen LogP contribution is 2.07. The second-order valence-corrected chi connectivity index (χ2v) is 2.07. The van der Waals surface area contributed by atoms with Crippen molar-refractivity contribution in [3.05, 3.63) is 30.1 Å². The molecule has 3 heteroatoms. The van der Waals surface area contributed by atoms with E-state index in [9.17, 15) is 4.39 Å². The smallest absolute Gasteiger partial charge is 0.125 e. The second-order valence-electron chi connectivity index (χ2n) is 2.07. The largest absolute Gasteiger partial charge is 0.374 e. The Morgan fingerprint density at radius 3 is 2.83 bits per heavy atom. The Bertz CT molecular complexity index is 280. The summed E-state index contributed by atoms with van der Waals surface area (Å²) in [6.07, 6.45) is 5.01. The van der Waals surface area contributed by atoms with E-state index in [4.69, 9.17) is 6.42 Å². The Morgan fingerprint density at radius 2 is 2.25 bits per heavy atom. The van der Waals surface area contributed by atoms with Gasteiger partial charge in [-0.2, -0.15) is 0 Å². The molecule has 1 rings (SSSR count). The van der Waals surface area contributed by atoms with Gasteiger partial charge in [0.15, 0.2) is 0 Å². The third-order valence-corrected chi connectivity index (χ3v) is 1.22. The molecule has 0 bridgehead atoms. The molecule has 1 N–H and O–H groups in total. The Kier molecular flexibility index (Phi) is 4.91. The molecular weight excluding hydrogens is 177 g/mol. The van der Waals surface area contributed by atoms with Gasteiger partial charge >= 0.3 is 0 Å². The molecule has 1 aromatic carbocycles. The molecule has 0 aromatic heterocycles. The number of anilines is 1. The van der Waals surface area contributed by atoms with Crippen LogP contribution < -0.4 is 5.32 Å². The van der Waals surface area contributed by atoms with Crippen LogP contribution in [0.25, 0.3) is 0 Å². The zero-order chi connectivity index (χ0) is 8.10. The molecular formula is C9H9ClFN. The predicted octanol–water partition coefficient (Wildman–Crippen LogP) is 2.29. The normalized spacial score (nSPS) is 8.00. The Hall–Kier alpha value is -1.20. The van der Waals surface area contributed by atoms with Gasteiger partial charge in [0.25, 0.3) is 0 Å². The van der Waals surface area contributed by atoms with Crippen molar-refractivity contribution in [2.45, 2.75) is 0 Å². The van der Waals surface area contributed by atoms with Crippen molar-refractivity contribution >= 4 is 18.1 Å². The Labute approximate surface area is 77.4 Å². The quantitative estimate of drug-likeness (QED) is 0.698. The van der Waals surface area contributed by atoms with E-state index in [1.165, 1.54) is 12.1 Å². The van der Waals surface area contributed by atoms with E-state index >= 15 is 0 Å². The van der Waals surface area contributed by atoms with Crippen LogP contribution in [-0.2, 0) is 0 Å². The summed E-state index contributed by atoms with van der Waals surface area (Å²) in [7, 11) is 0. The molecule has 1 aromatic rings. The topological polar surface area (TPSA) is 12.0 Å². The molecule has 0 fully saturated rings. The van der Waals surface area contributed by atoms with E-state index in [2.05, 4.69) is 11.2 Å². The summed E-state index contributed by atoms with van der Waals surface area (Å²) in [4.78, 5) is 0. The molecule has 0 saturated carbocycles. The van der Waals surface area contributed by atoms with Crippen molar-refractivity contribution < 1.29 is 4.39 Å². The van der Waals surface area contributed by atoms with Crippen LogP contribution in [0.5, 0.6) is 0 Å². The lowest BCUT2D eigenvalue weighted by Crippen LogP contribution is -1.97. The number of terminal acetylenes is 1. The van der Waals surface area contributed by atoms with E-state index in [0.717, 1.165) is 0 Å². The first-order valence-corrected chi connectivity index (χ1v) is 3.26.